The maximum absolute atomic E-state index is 10.1. The van der Waals surface area contributed by atoms with E-state index in [0.717, 1.165) is 0 Å². The van der Waals surface area contributed by atoms with Crippen molar-refractivity contribution in [2.24, 2.45) is 0 Å². The molecule has 0 aliphatic rings. The molecule has 0 aromatic rings. The van der Waals surface area contributed by atoms with Crippen molar-refractivity contribution in [2.45, 2.75) is 13.0 Å². The topological polar surface area (TPSA) is 40.5 Å². The monoisotopic (exact) mass is 117 g/mol. The molecule has 1 atom stereocenters. The lowest BCUT2D eigenvalue weighted by Gasteiger charge is -2.13. The minimum absolute atomic E-state index is 0.380. The molecule has 0 aromatic carbocycles. The van der Waals surface area contributed by atoms with E-state index in [1.54, 1.807) is 25.9 Å². The molecular weight excluding hydrogens is 106 g/mol. The second-order valence-electron chi connectivity index (χ2n) is 1.98. The maximum Gasteiger partial charge on any atom is 0.320 e. The van der Waals surface area contributed by atoms with Gasteiger partial charge in [-0.05, 0) is 21.0 Å². The number of aliphatic carboxylic acids is 1. The summed E-state index contributed by atoms with van der Waals surface area (Å²) in [7, 11) is 3.47. The van der Waals surface area contributed by atoms with Gasteiger partial charge in [-0.3, -0.25) is 9.69 Å². The molecule has 0 rings (SSSR count). The highest BCUT2D eigenvalue weighted by molar-refractivity contribution is 5.72. The summed E-state index contributed by atoms with van der Waals surface area (Å²) in [6, 6.07) is -0.380. The zero-order chi connectivity index (χ0) is 6.73. The molecule has 0 saturated carbocycles. The Kier molecular flexibility index (Phi) is 2.48. The zero-order valence-electron chi connectivity index (χ0n) is 5.38. The van der Waals surface area contributed by atoms with Crippen molar-refractivity contribution in [1.82, 2.24) is 4.90 Å². The van der Waals surface area contributed by atoms with E-state index in [2.05, 4.69) is 0 Å². The summed E-state index contributed by atoms with van der Waals surface area (Å²) >= 11 is 0. The fraction of sp³-hybridized carbons (Fsp3) is 0.800. The molecule has 8 heavy (non-hydrogen) atoms. The van der Waals surface area contributed by atoms with Gasteiger partial charge in [0.05, 0.1) is 0 Å². The second-order valence-corrected chi connectivity index (χ2v) is 1.98. The van der Waals surface area contributed by atoms with E-state index in [-0.39, 0.29) is 6.04 Å². The lowest BCUT2D eigenvalue weighted by atomic mass is 10.3. The molecule has 0 fully saturated rings. The number of likely N-dealkylation sites (N-methyl/N-ethyl adjacent to an activating group) is 1. The first-order valence-electron chi connectivity index (χ1n) is 2.45. The Balaban J connectivity index is 3.64. The molecule has 1 N–H and O–H groups in total. The van der Waals surface area contributed by atoms with Crippen molar-refractivity contribution >= 4 is 5.97 Å². The number of carboxylic acids is 1. The number of hydrogen-bond acceptors (Lipinski definition) is 2. The van der Waals surface area contributed by atoms with E-state index in [0.29, 0.717) is 0 Å². The van der Waals surface area contributed by atoms with Crippen molar-refractivity contribution in [3.05, 3.63) is 0 Å². The minimum atomic E-state index is -0.782. The lowest BCUT2D eigenvalue weighted by molar-refractivity contribution is -0.141. The second kappa shape index (κ2) is 2.67. The average Bonchev–Trinajstić information content (AvgIpc) is 1.64. The standard InChI is InChI=1S/C5H11NO2/c1-4(5(7)8)6(2)3/h4H,1-3H3,(H,7,8)/t4-/m1/s1. The first kappa shape index (κ1) is 7.43. The normalized spacial score (nSPS) is 14.0. The highest BCUT2D eigenvalue weighted by atomic mass is 16.4. The fourth-order valence-electron chi connectivity index (χ4n) is 0.221. The molecule has 0 unspecified atom stereocenters. The van der Waals surface area contributed by atoms with Crippen molar-refractivity contribution in [2.75, 3.05) is 14.1 Å². The molecule has 0 aromatic heterocycles. The van der Waals surface area contributed by atoms with Gasteiger partial charge in [0.2, 0.25) is 0 Å². The van der Waals surface area contributed by atoms with Crippen molar-refractivity contribution in [3.8, 4) is 0 Å². The molecule has 48 valence electrons. The predicted molar refractivity (Wildman–Crippen MR) is 30.8 cm³/mol. The third-order valence-corrected chi connectivity index (χ3v) is 1.13. The molecule has 0 heterocycles. The summed E-state index contributed by atoms with van der Waals surface area (Å²) in [5.74, 6) is -0.782. The Morgan fingerprint density at radius 3 is 2.00 bits per heavy atom. The summed E-state index contributed by atoms with van der Waals surface area (Å²) < 4.78 is 0. The first-order valence-corrected chi connectivity index (χ1v) is 2.45. The van der Waals surface area contributed by atoms with Crippen LogP contribution in [0.3, 0.4) is 0 Å². The summed E-state index contributed by atoms with van der Waals surface area (Å²) in [4.78, 5) is 11.7. The number of carbonyl (C=O) groups is 1. The summed E-state index contributed by atoms with van der Waals surface area (Å²) in [6.07, 6.45) is 0. The zero-order valence-corrected chi connectivity index (χ0v) is 5.38. The summed E-state index contributed by atoms with van der Waals surface area (Å²) in [6.45, 7) is 1.64. The van der Waals surface area contributed by atoms with Gasteiger partial charge in [0.15, 0.2) is 0 Å². The Bertz CT molecular complexity index is 90.4. The Morgan fingerprint density at radius 2 is 2.00 bits per heavy atom. The van der Waals surface area contributed by atoms with Crippen LogP contribution in [0.15, 0.2) is 0 Å². The first-order chi connectivity index (χ1) is 3.55. The van der Waals surface area contributed by atoms with Gasteiger partial charge in [0, 0.05) is 0 Å². The summed E-state index contributed by atoms with van der Waals surface area (Å²) in [5, 5.41) is 8.31. The minimum Gasteiger partial charge on any atom is -0.480 e. The van der Waals surface area contributed by atoms with Crippen molar-refractivity contribution in [1.29, 1.82) is 0 Å². The van der Waals surface area contributed by atoms with Crippen LogP contribution in [-0.2, 0) is 4.79 Å². The molecule has 3 heteroatoms. The van der Waals surface area contributed by atoms with Crippen LogP contribution >= 0.6 is 0 Å². The van der Waals surface area contributed by atoms with Crippen LogP contribution in [0.4, 0.5) is 0 Å². The van der Waals surface area contributed by atoms with E-state index >= 15 is 0 Å². The van der Waals surface area contributed by atoms with Crippen LogP contribution in [0.5, 0.6) is 0 Å². The average molecular weight is 117 g/mol. The van der Waals surface area contributed by atoms with Gasteiger partial charge in [-0.1, -0.05) is 0 Å². The van der Waals surface area contributed by atoms with Gasteiger partial charge in [-0.25, -0.2) is 0 Å². The van der Waals surface area contributed by atoms with Gasteiger partial charge in [-0.2, -0.15) is 0 Å². The SMILES string of the molecule is C[C@H](C(=O)O)N(C)C. The summed E-state index contributed by atoms with van der Waals surface area (Å²) in [5.41, 5.74) is 0. The van der Waals surface area contributed by atoms with E-state index in [4.69, 9.17) is 5.11 Å². The molecule has 0 bridgehead atoms. The number of nitrogens with zero attached hydrogens (tertiary/aromatic N) is 1. The lowest BCUT2D eigenvalue weighted by Crippen LogP contribution is -2.32. The van der Waals surface area contributed by atoms with E-state index in [1.165, 1.54) is 0 Å². The predicted octanol–water partition coefficient (Wildman–Crippen LogP) is 0.0211. The molecule has 0 spiro atoms. The van der Waals surface area contributed by atoms with Gasteiger partial charge in [0.1, 0.15) is 6.04 Å². The van der Waals surface area contributed by atoms with Gasteiger partial charge < -0.3 is 5.11 Å². The molecular formula is C5H11NO2. The molecule has 0 saturated heterocycles. The van der Waals surface area contributed by atoms with Gasteiger partial charge in [-0.15, -0.1) is 0 Å². The molecule has 0 aliphatic carbocycles. The largest absolute Gasteiger partial charge is 0.480 e. The van der Waals surface area contributed by atoms with E-state index in [1.807, 2.05) is 0 Å². The van der Waals surface area contributed by atoms with Crippen molar-refractivity contribution in [3.63, 3.8) is 0 Å². The Labute approximate surface area is 48.9 Å². The van der Waals surface area contributed by atoms with Crippen LogP contribution in [0.1, 0.15) is 6.92 Å². The van der Waals surface area contributed by atoms with Crippen LogP contribution in [0.25, 0.3) is 0 Å². The smallest absolute Gasteiger partial charge is 0.320 e. The van der Waals surface area contributed by atoms with Crippen molar-refractivity contribution < 1.29 is 9.90 Å². The van der Waals surface area contributed by atoms with Crippen LogP contribution in [0.2, 0.25) is 0 Å². The fourth-order valence-corrected chi connectivity index (χ4v) is 0.221. The Hall–Kier alpha value is -0.570. The highest BCUT2D eigenvalue weighted by Gasteiger charge is 2.11. The quantitative estimate of drug-likeness (QED) is 0.554. The van der Waals surface area contributed by atoms with E-state index < -0.39 is 5.97 Å². The van der Waals surface area contributed by atoms with Crippen LogP contribution in [0, 0.1) is 0 Å². The number of hydrogen-bond donors (Lipinski definition) is 1. The third kappa shape index (κ3) is 1.93. The molecule has 0 aliphatic heterocycles. The number of carboxylic acid groups (broad SMARTS) is 1. The number of rotatable bonds is 2. The third-order valence-electron chi connectivity index (χ3n) is 1.13. The molecule has 0 amide bonds. The maximum atomic E-state index is 10.1. The van der Waals surface area contributed by atoms with Crippen LogP contribution in [-0.4, -0.2) is 36.1 Å². The van der Waals surface area contributed by atoms with E-state index in [9.17, 15) is 4.79 Å². The highest BCUT2D eigenvalue weighted by Crippen LogP contribution is 1.88. The van der Waals surface area contributed by atoms with Gasteiger partial charge in [0.25, 0.3) is 0 Å². The van der Waals surface area contributed by atoms with Gasteiger partial charge >= 0.3 is 5.97 Å². The molecule has 0 radical (unpaired) electrons. The van der Waals surface area contributed by atoms with Crippen LogP contribution < -0.4 is 0 Å². The molecule has 3 nitrogen and oxygen atoms in total. The Morgan fingerprint density at radius 1 is 1.62 bits per heavy atom.